The van der Waals surface area contributed by atoms with Crippen LogP contribution in [0.3, 0.4) is 0 Å². The van der Waals surface area contributed by atoms with E-state index in [9.17, 15) is 0 Å². The van der Waals surface area contributed by atoms with E-state index >= 15 is 0 Å². The number of rotatable bonds is 6. The van der Waals surface area contributed by atoms with Crippen molar-refractivity contribution in [3.8, 4) is 5.75 Å². The van der Waals surface area contributed by atoms with Crippen molar-refractivity contribution in [1.29, 1.82) is 0 Å². The highest BCUT2D eigenvalue weighted by atomic mass is 16.5. The first-order valence-corrected chi connectivity index (χ1v) is 8.40. The molecule has 0 bridgehead atoms. The summed E-state index contributed by atoms with van der Waals surface area (Å²) in [5, 5.41) is 0. The molecule has 24 heavy (non-hydrogen) atoms. The zero-order valence-electron chi connectivity index (χ0n) is 14.4. The second-order valence-electron chi connectivity index (χ2n) is 6.29. The number of benzene rings is 1. The summed E-state index contributed by atoms with van der Waals surface area (Å²) in [6.45, 7) is 5.79. The minimum absolute atomic E-state index is 0.224. The van der Waals surface area contributed by atoms with Gasteiger partial charge in [-0.3, -0.25) is 4.90 Å². The number of methoxy groups -OCH3 is 1. The fourth-order valence-electron chi connectivity index (χ4n) is 3.12. The molecule has 0 amide bonds. The predicted molar refractivity (Wildman–Crippen MR) is 95.2 cm³/mol. The summed E-state index contributed by atoms with van der Waals surface area (Å²) < 4.78 is 16.6. The van der Waals surface area contributed by atoms with E-state index in [1.807, 2.05) is 24.3 Å². The fourth-order valence-corrected chi connectivity index (χ4v) is 3.12. The van der Waals surface area contributed by atoms with Gasteiger partial charge in [0.2, 0.25) is 0 Å². The van der Waals surface area contributed by atoms with E-state index in [1.54, 1.807) is 13.4 Å². The smallest absolute Gasteiger partial charge is 0.126 e. The normalized spacial score (nSPS) is 19.4. The standard InChI is InChI=1S/C20H25NO3/c1-16(11-19-7-4-9-23-19)14-21-8-10-24-20(15-21)13-17-5-3-6-18(12-17)22-2/h3-7,9,11-12,20H,8,10,13-15H2,1-2H3/b16-11+. The Morgan fingerprint density at radius 1 is 1.33 bits per heavy atom. The van der Waals surface area contributed by atoms with Crippen LogP contribution in [-0.2, 0) is 11.2 Å². The Balaban J connectivity index is 1.56. The topological polar surface area (TPSA) is 34.8 Å². The highest BCUT2D eigenvalue weighted by Gasteiger charge is 2.21. The maximum absolute atomic E-state index is 5.95. The molecular weight excluding hydrogens is 302 g/mol. The minimum atomic E-state index is 0.224. The van der Waals surface area contributed by atoms with E-state index < -0.39 is 0 Å². The van der Waals surface area contributed by atoms with E-state index in [1.165, 1.54) is 11.1 Å². The third-order valence-electron chi connectivity index (χ3n) is 4.23. The molecule has 1 saturated heterocycles. The van der Waals surface area contributed by atoms with Gasteiger partial charge in [-0.1, -0.05) is 17.7 Å². The predicted octanol–water partition coefficient (Wildman–Crippen LogP) is 3.64. The molecule has 2 aromatic rings. The van der Waals surface area contributed by atoms with E-state index in [0.29, 0.717) is 0 Å². The van der Waals surface area contributed by atoms with Crippen LogP contribution in [0.5, 0.6) is 5.75 Å². The Kier molecular flexibility index (Phi) is 5.72. The second kappa shape index (κ2) is 8.18. The van der Waals surface area contributed by atoms with Gasteiger partial charge in [0.05, 0.1) is 26.1 Å². The molecule has 4 nitrogen and oxygen atoms in total. The van der Waals surface area contributed by atoms with Crippen LogP contribution in [0.1, 0.15) is 18.2 Å². The Labute approximate surface area is 143 Å². The SMILES string of the molecule is COc1cccc(CC2CN(C/C(C)=C/c3ccco3)CCO2)c1. The number of furan rings is 1. The van der Waals surface area contributed by atoms with E-state index in [-0.39, 0.29) is 6.10 Å². The summed E-state index contributed by atoms with van der Waals surface area (Å²) in [6.07, 6.45) is 4.95. The van der Waals surface area contributed by atoms with Gasteiger partial charge in [-0.15, -0.1) is 0 Å². The number of morpholine rings is 1. The number of hydrogen-bond donors (Lipinski definition) is 0. The van der Waals surface area contributed by atoms with Crippen molar-refractivity contribution in [2.24, 2.45) is 0 Å². The maximum atomic E-state index is 5.95. The van der Waals surface area contributed by atoms with Gasteiger partial charge in [0.25, 0.3) is 0 Å². The lowest BCUT2D eigenvalue weighted by atomic mass is 10.1. The third kappa shape index (κ3) is 4.73. The molecule has 128 valence electrons. The summed E-state index contributed by atoms with van der Waals surface area (Å²) in [4.78, 5) is 2.45. The van der Waals surface area contributed by atoms with Crippen LogP contribution < -0.4 is 4.74 Å². The van der Waals surface area contributed by atoms with E-state index in [0.717, 1.165) is 44.2 Å². The summed E-state index contributed by atoms with van der Waals surface area (Å²) >= 11 is 0. The molecule has 3 rings (SSSR count). The lowest BCUT2D eigenvalue weighted by molar-refractivity contribution is -0.0243. The molecule has 0 N–H and O–H groups in total. The Bertz CT molecular complexity index is 663. The second-order valence-corrected chi connectivity index (χ2v) is 6.29. The molecule has 4 heteroatoms. The number of hydrogen-bond acceptors (Lipinski definition) is 4. The van der Waals surface area contributed by atoms with Crippen LogP contribution in [0.2, 0.25) is 0 Å². The quantitative estimate of drug-likeness (QED) is 0.811. The van der Waals surface area contributed by atoms with Crippen molar-refractivity contribution in [3.63, 3.8) is 0 Å². The fraction of sp³-hybridized carbons (Fsp3) is 0.400. The molecule has 1 aromatic heterocycles. The van der Waals surface area contributed by atoms with Crippen molar-refractivity contribution < 1.29 is 13.9 Å². The molecule has 2 heterocycles. The molecule has 0 saturated carbocycles. The molecule has 1 atom stereocenters. The van der Waals surface area contributed by atoms with Gasteiger partial charge < -0.3 is 13.9 Å². The van der Waals surface area contributed by atoms with Crippen LogP contribution in [0.4, 0.5) is 0 Å². The van der Waals surface area contributed by atoms with Crippen molar-refractivity contribution >= 4 is 6.08 Å². The lowest BCUT2D eigenvalue weighted by Gasteiger charge is -2.33. The van der Waals surface area contributed by atoms with Gasteiger partial charge in [-0.05, 0) is 42.8 Å². The first-order chi connectivity index (χ1) is 11.7. The molecule has 1 unspecified atom stereocenters. The van der Waals surface area contributed by atoms with Gasteiger partial charge in [-0.2, -0.15) is 0 Å². The molecule has 1 aliphatic rings. The molecule has 1 aliphatic heterocycles. The van der Waals surface area contributed by atoms with Crippen molar-refractivity contribution in [3.05, 3.63) is 59.6 Å². The third-order valence-corrected chi connectivity index (χ3v) is 4.23. The van der Waals surface area contributed by atoms with Crippen LogP contribution in [0.25, 0.3) is 6.08 Å². The summed E-state index contributed by atoms with van der Waals surface area (Å²) in [5.41, 5.74) is 2.55. The van der Waals surface area contributed by atoms with Gasteiger partial charge in [0, 0.05) is 26.1 Å². The molecular formula is C20H25NO3. The highest BCUT2D eigenvalue weighted by molar-refractivity contribution is 5.46. The van der Waals surface area contributed by atoms with Crippen molar-refractivity contribution in [1.82, 2.24) is 4.90 Å². The van der Waals surface area contributed by atoms with Crippen molar-refractivity contribution in [2.45, 2.75) is 19.4 Å². The average molecular weight is 327 g/mol. The molecule has 0 radical (unpaired) electrons. The number of nitrogens with zero attached hydrogens (tertiary/aromatic N) is 1. The molecule has 1 fully saturated rings. The average Bonchev–Trinajstić information content (AvgIpc) is 3.08. The van der Waals surface area contributed by atoms with Gasteiger partial charge in [0.15, 0.2) is 0 Å². The Morgan fingerprint density at radius 3 is 3.04 bits per heavy atom. The van der Waals surface area contributed by atoms with Gasteiger partial charge in [0.1, 0.15) is 11.5 Å². The Morgan fingerprint density at radius 2 is 2.25 bits per heavy atom. The first-order valence-electron chi connectivity index (χ1n) is 8.40. The van der Waals surface area contributed by atoms with Crippen LogP contribution >= 0.6 is 0 Å². The highest BCUT2D eigenvalue weighted by Crippen LogP contribution is 2.18. The molecule has 0 aliphatic carbocycles. The first kappa shape index (κ1) is 16.8. The monoisotopic (exact) mass is 327 g/mol. The summed E-state index contributed by atoms with van der Waals surface area (Å²) in [6, 6.07) is 12.1. The zero-order valence-corrected chi connectivity index (χ0v) is 14.4. The Hall–Kier alpha value is -2.04. The minimum Gasteiger partial charge on any atom is -0.497 e. The summed E-state index contributed by atoms with van der Waals surface area (Å²) in [5.74, 6) is 1.81. The van der Waals surface area contributed by atoms with Gasteiger partial charge >= 0.3 is 0 Å². The van der Waals surface area contributed by atoms with Crippen LogP contribution in [0.15, 0.2) is 52.7 Å². The van der Waals surface area contributed by atoms with E-state index in [4.69, 9.17) is 13.9 Å². The molecule has 1 aromatic carbocycles. The van der Waals surface area contributed by atoms with Crippen molar-refractivity contribution in [2.75, 3.05) is 33.4 Å². The molecule has 0 spiro atoms. The van der Waals surface area contributed by atoms with Crippen LogP contribution in [-0.4, -0.2) is 44.4 Å². The maximum Gasteiger partial charge on any atom is 0.126 e. The van der Waals surface area contributed by atoms with E-state index in [2.05, 4.69) is 30.0 Å². The number of ether oxygens (including phenoxy) is 2. The lowest BCUT2D eigenvalue weighted by Crippen LogP contribution is -2.43. The van der Waals surface area contributed by atoms with Gasteiger partial charge in [-0.25, -0.2) is 0 Å². The zero-order chi connectivity index (χ0) is 16.8. The van der Waals surface area contributed by atoms with Crippen LogP contribution in [0, 0.1) is 0 Å². The summed E-state index contributed by atoms with van der Waals surface area (Å²) in [7, 11) is 1.70. The largest absolute Gasteiger partial charge is 0.497 e.